The van der Waals surface area contributed by atoms with E-state index in [0.717, 1.165) is 69.0 Å². The fourth-order valence-electron chi connectivity index (χ4n) is 9.13. The molecule has 1 unspecified atom stereocenters. The lowest BCUT2D eigenvalue weighted by atomic mass is 9.85. The van der Waals surface area contributed by atoms with Gasteiger partial charge in [0.1, 0.15) is 41.7 Å². The van der Waals surface area contributed by atoms with Crippen LogP contribution in [0.3, 0.4) is 0 Å². The Morgan fingerprint density at radius 3 is 2.52 bits per heavy atom. The van der Waals surface area contributed by atoms with Crippen LogP contribution in [0.4, 0.5) is 4.79 Å². The first-order chi connectivity index (χ1) is 28.9. The minimum atomic E-state index is -4.01. The minimum Gasteiger partial charge on any atom is -0.489 e. The number of rotatable bonds is 8. The van der Waals surface area contributed by atoms with E-state index in [1.165, 1.54) is 11.0 Å². The van der Waals surface area contributed by atoms with Crippen molar-refractivity contribution < 1.29 is 41.8 Å². The largest absolute Gasteiger partial charge is 0.489 e. The van der Waals surface area contributed by atoms with E-state index in [4.69, 9.17) is 19.2 Å². The maximum Gasteiger partial charge on any atom is 0.408 e. The van der Waals surface area contributed by atoms with Crippen molar-refractivity contribution in [2.45, 2.75) is 145 Å². The summed E-state index contributed by atoms with van der Waals surface area (Å²) in [5, 5.41) is 6.48. The molecule has 3 N–H and O–H groups in total. The quantitative estimate of drug-likeness (QED) is 0.321. The highest BCUT2D eigenvalue weighted by Crippen LogP contribution is 2.47. The van der Waals surface area contributed by atoms with Crippen LogP contribution in [-0.2, 0) is 35.6 Å². The van der Waals surface area contributed by atoms with Gasteiger partial charge in [-0.25, -0.2) is 18.2 Å². The van der Waals surface area contributed by atoms with Gasteiger partial charge in [0.15, 0.2) is 0 Å². The highest BCUT2D eigenvalue weighted by atomic mass is 32.2. The van der Waals surface area contributed by atoms with Crippen LogP contribution in [0.25, 0.3) is 10.9 Å². The summed E-state index contributed by atoms with van der Waals surface area (Å²) in [6.07, 6.45) is 11.0. The maximum atomic E-state index is 14.9. The zero-order valence-electron chi connectivity index (χ0n) is 36.0. The number of likely N-dealkylation sites (tertiary alicyclic amines) is 1. The summed E-state index contributed by atoms with van der Waals surface area (Å²) in [4.78, 5) is 69.8. The minimum absolute atomic E-state index is 0.0170. The van der Waals surface area contributed by atoms with Gasteiger partial charge in [-0.1, -0.05) is 39.7 Å². The molecule has 5 fully saturated rings. The number of piperidine rings is 1. The van der Waals surface area contributed by atoms with Gasteiger partial charge in [0.2, 0.25) is 27.7 Å². The fraction of sp³-hybridized carbons (Fsp3) is 0.682. The summed E-state index contributed by atoms with van der Waals surface area (Å²) in [6, 6.07) is -0.436. The lowest BCUT2D eigenvalue weighted by molar-refractivity contribution is -0.142. The first-order valence-electron chi connectivity index (χ1n) is 22.0. The van der Waals surface area contributed by atoms with Crippen LogP contribution in [0.2, 0.25) is 0 Å². The predicted molar refractivity (Wildman–Crippen MR) is 226 cm³/mol. The second-order valence-corrected chi connectivity index (χ2v) is 21.8. The Kier molecular flexibility index (Phi) is 11.5. The van der Waals surface area contributed by atoms with Gasteiger partial charge in [0, 0.05) is 37.8 Å². The molecule has 17 heteroatoms. The van der Waals surface area contributed by atoms with Crippen LogP contribution in [0, 0.1) is 17.3 Å². The number of hydrogen-bond acceptors (Lipinski definition) is 12. The molecule has 3 saturated carbocycles. The van der Waals surface area contributed by atoms with Crippen LogP contribution in [0.5, 0.6) is 11.6 Å². The van der Waals surface area contributed by atoms with Crippen molar-refractivity contribution in [1.82, 2.24) is 35.1 Å². The van der Waals surface area contributed by atoms with Gasteiger partial charge in [-0.15, -0.1) is 6.58 Å². The lowest BCUT2D eigenvalue weighted by Crippen LogP contribution is -2.60. The smallest absolute Gasteiger partial charge is 0.408 e. The Hall–Kier alpha value is -4.51. The van der Waals surface area contributed by atoms with E-state index in [1.807, 2.05) is 26.8 Å². The van der Waals surface area contributed by atoms with Crippen LogP contribution >= 0.6 is 0 Å². The van der Waals surface area contributed by atoms with Gasteiger partial charge < -0.3 is 34.6 Å². The van der Waals surface area contributed by atoms with Gasteiger partial charge in [-0.2, -0.15) is 0 Å². The van der Waals surface area contributed by atoms with Gasteiger partial charge in [-0.05, 0) is 89.2 Å². The van der Waals surface area contributed by atoms with Crippen LogP contribution < -0.4 is 24.8 Å². The van der Waals surface area contributed by atoms with E-state index in [0.29, 0.717) is 36.4 Å². The summed E-state index contributed by atoms with van der Waals surface area (Å²) in [7, 11) is -1.91. The Balaban J connectivity index is 1.14. The first kappa shape index (κ1) is 43.2. The Labute approximate surface area is 358 Å². The normalized spacial score (nSPS) is 30.9. The molecule has 6 aliphatic rings. The SMILES string of the molecule is C=C[C@@H]1C[C@]1(NC(=O)[C@@H]1C[C@@H]2CN1C(=O)[C@H](C(C)(C)C)NC(=O)OC1C[C@@H]1CCCCCc1c(nc3ccncc3c1OC1CCN(C)CC1)O2)C(=O)NS(=O)(=O)C1(C)CC1. The number of carbonyl (C=O) groups is 4. The van der Waals surface area contributed by atoms with Crippen molar-refractivity contribution in [1.29, 1.82) is 0 Å². The first-order valence-corrected chi connectivity index (χ1v) is 23.5. The van der Waals surface area contributed by atoms with Gasteiger partial charge in [-0.3, -0.25) is 24.1 Å². The molecule has 7 atom stereocenters. The van der Waals surface area contributed by atoms with Crippen LogP contribution in [-0.4, -0.2) is 119 Å². The zero-order chi connectivity index (χ0) is 43.5. The number of nitrogens with zero attached hydrogens (tertiary/aromatic N) is 4. The molecule has 0 radical (unpaired) electrons. The average Bonchev–Trinajstić information content (AvgIpc) is 4.17. The summed E-state index contributed by atoms with van der Waals surface area (Å²) in [5.41, 5.74) is -0.932. The van der Waals surface area contributed by atoms with E-state index in [1.54, 1.807) is 19.3 Å². The molecule has 332 valence electrons. The van der Waals surface area contributed by atoms with Gasteiger partial charge in [0.25, 0.3) is 5.91 Å². The second kappa shape index (κ2) is 16.3. The summed E-state index contributed by atoms with van der Waals surface area (Å²) in [6.45, 7) is 12.7. The Bertz CT molecular complexity index is 2180. The molecule has 5 heterocycles. The standard InChI is InChI=1S/C44H61N7O9S/c1-7-27-23-44(27,40(54)49-61(56,57)43(5)16-17-43)48-37(52)33-22-29-25-51(33)39(53)36(42(2,3)4)47-41(55)60-34-21-26(34)11-9-8-10-12-30-35(58-28-14-19-50(6)20-15-28)31-24-45-18-13-32(31)46-38(30)59-29/h7,13,18,24,26-29,33-34,36H,1,8-12,14-17,19-23,25H2,2-6H3,(H,47,55)(H,48,52)(H,49,54)/t26-,27+,29+,33-,34?,36+,44+/m0/s1. The molecular formula is C44H61N7O9S. The summed E-state index contributed by atoms with van der Waals surface area (Å²) < 4.78 is 47.1. The summed E-state index contributed by atoms with van der Waals surface area (Å²) in [5.74, 6) is -1.26. The zero-order valence-corrected chi connectivity index (χ0v) is 36.9. The van der Waals surface area contributed by atoms with E-state index < -0.39 is 73.6 Å². The van der Waals surface area contributed by atoms with E-state index in [9.17, 15) is 27.6 Å². The average molecular weight is 864 g/mol. The van der Waals surface area contributed by atoms with Crippen molar-refractivity contribution in [3.63, 3.8) is 0 Å². The van der Waals surface area contributed by atoms with Crippen molar-refractivity contribution >= 4 is 44.7 Å². The number of alkyl carbamates (subject to hydrolysis) is 1. The molecule has 8 rings (SSSR count). The molecule has 0 spiro atoms. The highest BCUT2D eigenvalue weighted by molar-refractivity contribution is 7.91. The number of amides is 4. The number of sulfonamides is 1. The van der Waals surface area contributed by atoms with Crippen molar-refractivity contribution in [2.75, 3.05) is 26.7 Å². The molecular weight excluding hydrogens is 803 g/mol. The highest BCUT2D eigenvalue weighted by Gasteiger charge is 2.63. The Morgan fingerprint density at radius 2 is 1.84 bits per heavy atom. The van der Waals surface area contributed by atoms with Crippen molar-refractivity contribution in [3.8, 4) is 11.6 Å². The fourth-order valence-corrected chi connectivity index (χ4v) is 10.4. The van der Waals surface area contributed by atoms with Gasteiger partial charge >= 0.3 is 6.09 Å². The number of ether oxygens (including phenoxy) is 3. The van der Waals surface area contributed by atoms with Crippen molar-refractivity contribution in [3.05, 3.63) is 36.7 Å². The van der Waals surface area contributed by atoms with Crippen LogP contribution in [0.1, 0.15) is 104 Å². The third kappa shape index (κ3) is 8.91. The third-order valence-corrected chi connectivity index (χ3v) is 15.9. The molecule has 3 aliphatic carbocycles. The molecule has 16 nitrogen and oxygen atoms in total. The van der Waals surface area contributed by atoms with Crippen molar-refractivity contribution in [2.24, 2.45) is 17.3 Å². The monoisotopic (exact) mass is 863 g/mol. The number of hydrogen-bond donors (Lipinski definition) is 3. The van der Waals surface area contributed by atoms with E-state index >= 15 is 0 Å². The molecule has 2 aromatic heterocycles. The Morgan fingerprint density at radius 1 is 1.08 bits per heavy atom. The molecule has 2 bridgehead atoms. The predicted octanol–water partition coefficient (Wildman–Crippen LogP) is 4.16. The topological polar surface area (TPSA) is 198 Å². The molecule has 2 aromatic rings. The number of aromatic nitrogens is 2. The van der Waals surface area contributed by atoms with Crippen LogP contribution in [0.15, 0.2) is 31.1 Å². The number of carbonyl (C=O) groups excluding carboxylic acids is 4. The second-order valence-electron chi connectivity index (χ2n) is 19.6. The molecule has 3 aliphatic heterocycles. The van der Waals surface area contributed by atoms with Gasteiger partial charge in [0.05, 0.1) is 27.8 Å². The third-order valence-electron chi connectivity index (χ3n) is 13.7. The number of nitrogens with one attached hydrogen (secondary N) is 3. The molecule has 2 saturated heterocycles. The molecule has 0 aromatic carbocycles. The summed E-state index contributed by atoms with van der Waals surface area (Å²) >= 11 is 0. The maximum absolute atomic E-state index is 14.9. The number of pyridine rings is 2. The van der Waals surface area contributed by atoms with E-state index in [2.05, 4.69) is 38.9 Å². The van der Waals surface area contributed by atoms with E-state index in [-0.39, 0.29) is 37.5 Å². The lowest BCUT2D eigenvalue weighted by Gasteiger charge is -2.35. The molecule has 4 amide bonds. The molecule has 61 heavy (non-hydrogen) atoms. The number of fused-ring (bicyclic) bond motifs is 5.